The van der Waals surface area contributed by atoms with Crippen molar-refractivity contribution in [1.29, 1.82) is 0 Å². The highest BCUT2D eigenvalue weighted by atomic mass is 19.4. The van der Waals surface area contributed by atoms with Crippen molar-refractivity contribution in [3.8, 4) is 0 Å². The number of hydrogen-bond donors (Lipinski definition) is 1. The molecule has 7 nitrogen and oxygen atoms in total. The zero-order chi connectivity index (χ0) is 25.3. The van der Waals surface area contributed by atoms with Crippen molar-refractivity contribution in [3.05, 3.63) is 29.3 Å². The van der Waals surface area contributed by atoms with Crippen LogP contribution in [0.25, 0.3) is 0 Å². The molecule has 190 valence electrons. The molecule has 2 atom stereocenters. The summed E-state index contributed by atoms with van der Waals surface area (Å²) in [5, 5.41) is 10.0. The molecule has 3 rings (SSSR count). The molecule has 0 aromatic heterocycles. The first-order chi connectivity index (χ1) is 15.8. The fourth-order valence-corrected chi connectivity index (χ4v) is 4.71. The van der Waals surface area contributed by atoms with Crippen LogP contribution in [0.15, 0.2) is 18.2 Å². The monoisotopic (exact) mass is 486 g/mol. The van der Waals surface area contributed by atoms with Crippen LogP contribution in [-0.4, -0.2) is 67.6 Å². The minimum Gasteiger partial charge on any atom is -0.469 e. The molecule has 0 spiro atoms. The van der Waals surface area contributed by atoms with Crippen molar-refractivity contribution in [3.63, 3.8) is 0 Å². The molecule has 10 heteroatoms. The number of halogens is 3. The van der Waals surface area contributed by atoms with Crippen LogP contribution in [0, 0.1) is 11.8 Å². The number of likely N-dealkylation sites (tertiary alicyclic amines) is 1. The second kappa shape index (κ2) is 10.0. The third-order valence-corrected chi connectivity index (χ3v) is 6.45. The number of aliphatic hydroxyl groups excluding tert-OH is 1. The quantitative estimate of drug-likeness (QED) is 0.648. The third kappa shape index (κ3) is 5.95. The van der Waals surface area contributed by atoms with Gasteiger partial charge in [0.1, 0.15) is 5.60 Å². The fraction of sp³-hybridized carbons (Fsp3) is 0.667. The Labute approximate surface area is 197 Å². The van der Waals surface area contributed by atoms with Crippen molar-refractivity contribution in [1.82, 2.24) is 4.90 Å². The third-order valence-electron chi connectivity index (χ3n) is 6.45. The maximum absolute atomic E-state index is 13.5. The van der Waals surface area contributed by atoms with Gasteiger partial charge in [-0.3, -0.25) is 4.79 Å². The number of aliphatic hydroxyl groups is 1. The van der Waals surface area contributed by atoms with Gasteiger partial charge in [-0.1, -0.05) is 6.07 Å². The first-order valence-corrected chi connectivity index (χ1v) is 11.5. The van der Waals surface area contributed by atoms with E-state index in [9.17, 15) is 27.9 Å². The van der Waals surface area contributed by atoms with Crippen molar-refractivity contribution in [2.24, 2.45) is 11.8 Å². The fourth-order valence-electron chi connectivity index (χ4n) is 4.71. The Morgan fingerprint density at radius 1 is 1.12 bits per heavy atom. The average Bonchev–Trinajstić information content (AvgIpc) is 3.21. The summed E-state index contributed by atoms with van der Waals surface area (Å²) in [5.41, 5.74) is -0.376. The molecular formula is C24H33F3N2O5. The van der Waals surface area contributed by atoms with Crippen molar-refractivity contribution < 1.29 is 37.3 Å². The number of nitrogens with zero attached hydrogens (tertiary/aromatic N) is 2. The number of carbonyl (C=O) groups is 2. The van der Waals surface area contributed by atoms with E-state index >= 15 is 0 Å². The van der Waals surface area contributed by atoms with E-state index in [1.54, 1.807) is 20.8 Å². The van der Waals surface area contributed by atoms with Crippen LogP contribution in [0.1, 0.15) is 50.7 Å². The van der Waals surface area contributed by atoms with Gasteiger partial charge in [-0.05, 0) is 51.3 Å². The molecule has 0 unspecified atom stereocenters. The predicted molar refractivity (Wildman–Crippen MR) is 120 cm³/mol. The lowest BCUT2D eigenvalue weighted by Crippen LogP contribution is -2.38. The molecule has 0 saturated carbocycles. The molecule has 1 aromatic carbocycles. The molecule has 2 fully saturated rings. The maximum atomic E-state index is 13.5. The van der Waals surface area contributed by atoms with Crippen LogP contribution in [0.3, 0.4) is 0 Å². The first-order valence-electron chi connectivity index (χ1n) is 11.5. The molecular weight excluding hydrogens is 453 g/mol. The topological polar surface area (TPSA) is 79.3 Å². The highest BCUT2D eigenvalue weighted by Crippen LogP contribution is 2.42. The molecule has 2 saturated heterocycles. The van der Waals surface area contributed by atoms with E-state index in [-0.39, 0.29) is 43.4 Å². The molecule has 0 radical (unpaired) electrons. The summed E-state index contributed by atoms with van der Waals surface area (Å²) in [6.45, 7) is 6.35. The summed E-state index contributed by atoms with van der Waals surface area (Å²) < 4.78 is 50.9. The van der Waals surface area contributed by atoms with Crippen molar-refractivity contribution >= 4 is 17.7 Å². The van der Waals surface area contributed by atoms with Crippen molar-refractivity contribution in [2.75, 3.05) is 44.8 Å². The molecule has 2 aliphatic heterocycles. The van der Waals surface area contributed by atoms with Crippen LogP contribution < -0.4 is 4.90 Å². The van der Waals surface area contributed by atoms with Crippen molar-refractivity contribution in [2.45, 2.75) is 51.3 Å². The summed E-state index contributed by atoms with van der Waals surface area (Å²) in [6, 6.07) is 3.64. The van der Waals surface area contributed by atoms with Gasteiger partial charge in [0.15, 0.2) is 0 Å². The van der Waals surface area contributed by atoms with Gasteiger partial charge in [0.2, 0.25) is 0 Å². The van der Waals surface area contributed by atoms with E-state index < -0.39 is 23.4 Å². The summed E-state index contributed by atoms with van der Waals surface area (Å²) in [4.78, 5) is 27.9. The van der Waals surface area contributed by atoms with E-state index in [1.165, 1.54) is 18.1 Å². The average molecular weight is 487 g/mol. The van der Waals surface area contributed by atoms with Gasteiger partial charge >= 0.3 is 18.2 Å². The van der Waals surface area contributed by atoms with Gasteiger partial charge in [0.05, 0.1) is 18.6 Å². The number of esters is 1. The molecule has 0 aliphatic carbocycles. The molecule has 1 N–H and O–H groups in total. The minimum absolute atomic E-state index is 0.213. The number of piperidine rings is 1. The Hall–Kier alpha value is -2.49. The lowest BCUT2D eigenvalue weighted by atomic mass is 9.86. The number of ether oxygens (including phenoxy) is 2. The van der Waals surface area contributed by atoms with Gasteiger partial charge in [0, 0.05) is 50.3 Å². The van der Waals surface area contributed by atoms with Crippen LogP contribution in [0.2, 0.25) is 0 Å². The Balaban J connectivity index is 1.91. The largest absolute Gasteiger partial charge is 0.469 e. The van der Waals surface area contributed by atoms with E-state index in [2.05, 4.69) is 0 Å². The molecule has 2 heterocycles. The Bertz CT molecular complexity index is 892. The zero-order valence-corrected chi connectivity index (χ0v) is 20.0. The van der Waals surface area contributed by atoms with E-state index in [4.69, 9.17) is 9.47 Å². The number of benzene rings is 1. The summed E-state index contributed by atoms with van der Waals surface area (Å²) in [7, 11) is 1.32. The minimum atomic E-state index is -4.51. The van der Waals surface area contributed by atoms with Gasteiger partial charge in [-0.2, -0.15) is 13.2 Å². The second-order valence-corrected chi connectivity index (χ2v) is 9.99. The van der Waals surface area contributed by atoms with Gasteiger partial charge in [0.25, 0.3) is 0 Å². The molecule has 2 aliphatic rings. The van der Waals surface area contributed by atoms with Gasteiger partial charge < -0.3 is 24.4 Å². The first kappa shape index (κ1) is 26.1. The zero-order valence-electron chi connectivity index (χ0n) is 20.0. The van der Waals surface area contributed by atoms with Crippen LogP contribution >= 0.6 is 0 Å². The number of carbonyl (C=O) groups excluding carboxylic acids is 2. The van der Waals surface area contributed by atoms with E-state index in [1.807, 2.05) is 4.90 Å². The second-order valence-electron chi connectivity index (χ2n) is 9.99. The highest BCUT2D eigenvalue weighted by molar-refractivity contribution is 5.73. The number of hydrogen-bond acceptors (Lipinski definition) is 6. The molecule has 1 amide bonds. The molecule has 34 heavy (non-hydrogen) atoms. The smallest absolute Gasteiger partial charge is 0.416 e. The standard InChI is InChI=1S/C24H33F3N2O5/c1-23(2,3)34-22(32)29-12-16(14-30)19(13-29)18-6-5-17(24(25,26)27)11-20(18)28-9-7-15(8-10-28)21(31)33-4/h5-6,11,15-16,19,30H,7-10,12-14H2,1-4H3/t16-,19+/m1/s1. The number of alkyl halides is 3. The summed E-state index contributed by atoms with van der Waals surface area (Å²) >= 11 is 0. The summed E-state index contributed by atoms with van der Waals surface area (Å²) in [6.07, 6.45) is -4.08. The normalized spacial score (nSPS) is 22.1. The number of amides is 1. The van der Waals surface area contributed by atoms with E-state index in [0.29, 0.717) is 37.2 Å². The maximum Gasteiger partial charge on any atom is 0.416 e. The molecule has 0 bridgehead atoms. The van der Waals surface area contributed by atoms with Crippen LogP contribution in [-0.2, 0) is 20.4 Å². The number of anilines is 1. The highest BCUT2D eigenvalue weighted by Gasteiger charge is 2.40. The van der Waals surface area contributed by atoms with Gasteiger partial charge in [-0.25, -0.2) is 4.79 Å². The van der Waals surface area contributed by atoms with Crippen LogP contribution in [0.5, 0.6) is 0 Å². The lowest BCUT2D eigenvalue weighted by Gasteiger charge is -2.35. The SMILES string of the molecule is COC(=O)C1CCN(c2cc(C(F)(F)F)ccc2[C@H]2CN(C(=O)OC(C)(C)C)C[C@@H]2CO)CC1. The summed E-state index contributed by atoms with van der Waals surface area (Å²) in [5.74, 6) is -1.29. The molecule has 1 aromatic rings. The Morgan fingerprint density at radius 2 is 1.76 bits per heavy atom. The Kier molecular flexibility index (Phi) is 7.69. The number of rotatable bonds is 4. The lowest BCUT2D eigenvalue weighted by molar-refractivity contribution is -0.146. The Morgan fingerprint density at radius 3 is 2.29 bits per heavy atom. The number of methoxy groups -OCH3 is 1. The van der Waals surface area contributed by atoms with E-state index in [0.717, 1.165) is 12.1 Å². The van der Waals surface area contributed by atoms with Crippen LogP contribution in [0.4, 0.5) is 23.7 Å². The van der Waals surface area contributed by atoms with Gasteiger partial charge in [-0.15, -0.1) is 0 Å². The predicted octanol–water partition coefficient (Wildman–Crippen LogP) is 4.04.